The van der Waals surface area contributed by atoms with Gasteiger partial charge in [0.2, 0.25) is 0 Å². The molecule has 0 amide bonds. The molecule has 0 unspecified atom stereocenters. The van der Waals surface area contributed by atoms with Crippen LogP contribution in [0.1, 0.15) is 11.1 Å². The summed E-state index contributed by atoms with van der Waals surface area (Å²) in [5.74, 6) is 1.36. The second-order valence-electron chi connectivity index (χ2n) is 5.14. The summed E-state index contributed by atoms with van der Waals surface area (Å²) in [5.41, 5.74) is 2.22. The van der Waals surface area contributed by atoms with Gasteiger partial charge < -0.3 is 9.47 Å². The highest BCUT2D eigenvalue weighted by molar-refractivity contribution is 6.32. The lowest BCUT2D eigenvalue weighted by Gasteiger charge is -2.11. The standard InChI is InChI=1S/C20H17ClO2/c21-19-12-11-18(22-14-16-7-3-1-4-8-16)13-20(19)23-15-17-9-5-2-6-10-17/h1-13H,14-15H2. The van der Waals surface area contributed by atoms with E-state index in [0.29, 0.717) is 24.0 Å². The van der Waals surface area contributed by atoms with E-state index in [1.807, 2.05) is 72.8 Å². The molecule has 0 aromatic heterocycles. The Morgan fingerprint density at radius 3 is 1.83 bits per heavy atom. The maximum absolute atomic E-state index is 6.20. The molecule has 0 fully saturated rings. The average Bonchev–Trinajstić information content (AvgIpc) is 2.62. The molecular weight excluding hydrogens is 308 g/mol. The summed E-state index contributed by atoms with van der Waals surface area (Å²) in [7, 11) is 0. The quantitative estimate of drug-likeness (QED) is 0.596. The molecule has 0 radical (unpaired) electrons. The zero-order valence-electron chi connectivity index (χ0n) is 12.6. The Morgan fingerprint density at radius 2 is 1.22 bits per heavy atom. The van der Waals surface area contributed by atoms with Gasteiger partial charge in [0.15, 0.2) is 0 Å². The first-order valence-corrected chi connectivity index (χ1v) is 7.82. The van der Waals surface area contributed by atoms with Crippen molar-refractivity contribution in [3.05, 3.63) is 95.0 Å². The van der Waals surface area contributed by atoms with Gasteiger partial charge in [0.05, 0.1) is 5.02 Å². The fourth-order valence-electron chi connectivity index (χ4n) is 2.16. The number of benzene rings is 3. The number of rotatable bonds is 6. The lowest BCUT2D eigenvalue weighted by Crippen LogP contribution is -1.98. The maximum atomic E-state index is 6.20. The molecule has 23 heavy (non-hydrogen) atoms. The molecule has 0 saturated carbocycles. The molecule has 0 N–H and O–H groups in total. The van der Waals surface area contributed by atoms with E-state index in [9.17, 15) is 0 Å². The van der Waals surface area contributed by atoms with Crippen molar-refractivity contribution < 1.29 is 9.47 Å². The Labute approximate surface area is 141 Å². The minimum Gasteiger partial charge on any atom is -0.489 e. The molecule has 3 aromatic rings. The third-order valence-electron chi connectivity index (χ3n) is 3.39. The molecule has 0 aliphatic rings. The predicted octanol–water partition coefficient (Wildman–Crippen LogP) is 5.50. The summed E-state index contributed by atoms with van der Waals surface area (Å²) in [6.07, 6.45) is 0. The van der Waals surface area contributed by atoms with Gasteiger partial charge in [-0.25, -0.2) is 0 Å². The highest BCUT2D eigenvalue weighted by Gasteiger charge is 2.05. The highest BCUT2D eigenvalue weighted by atomic mass is 35.5. The van der Waals surface area contributed by atoms with E-state index < -0.39 is 0 Å². The van der Waals surface area contributed by atoms with Crippen LogP contribution in [0.25, 0.3) is 0 Å². The molecule has 0 aliphatic carbocycles. The lowest BCUT2D eigenvalue weighted by atomic mass is 10.2. The van der Waals surface area contributed by atoms with E-state index in [0.717, 1.165) is 16.9 Å². The molecule has 3 rings (SSSR count). The van der Waals surface area contributed by atoms with Crippen molar-refractivity contribution in [1.29, 1.82) is 0 Å². The Bertz CT molecular complexity index is 742. The Morgan fingerprint density at radius 1 is 0.652 bits per heavy atom. The van der Waals surface area contributed by atoms with Crippen molar-refractivity contribution in [2.75, 3.05) is 0 Å². The van der Waals surface area contributed by atoms with Crippen molar-refractivity contribution in [3.8, 4) is 11.5 Å². The van der Waals surface area contributed by atoms with Gasteiger partial charge >= 0.3 is 0 Å². The van der Waals surface area contributed by atoms with Crippen LogP contribution in [0, 0.1) is 0 Å². The van der Waals surface area contributed by atoms with Gasteiger partial charge in [0.25, 0.3) is 0 Å². The van der Waals surface area contributed by atoms with Gasteiger partial charge in [0.1, 0.15) is 24.7 Å². The largest absolute Gasteiger partial charge is 0.489 e. The Kier molecular flexibility index (Phi) is 5.17. The van der Waals surface area contributed by atoms with E-state index in [1.165, 1.54) is 0 Å². The number of ether oxygens (including phenoxy) is 2. The van der Waals surface area contributed by atoms with E-state index in [-0.39, 0.29) is 0 Å². The van der Waals surface area contributed by atoms with Crippen LogP contribution < -0.4 is 9.47 Å². The smallest absolute Gasteiger partial charge is 0.142 e. The van der Waals surface area contributed by atoms with Crippen molar-refractivity contribution in [2.24, 2.45) is 0 Å². The van der Waals surface area contributed by atoms with Crippen LogP contribution in [0.2, 0.25) is 5.02 Å². The third-order valence-corrected chi connectivity index (χ3v) is 3.70. The van der Waals surface area contributed by atoms with Gasteiger partial charge in [0, 0.05) is 6.07 Å². The summed E-state index contributed by atoms with van der Waals surface area (Å²) >= 11 is 6.20. The second-order valence-corrected chi connectivity index (χ2v) is 5.55. The van der Waals surface area contributed by atoms with Crippen LogP contribution in [0.3, 0.4) is 0 Å². The van der Waals surface area contributed by atoms with E-state index in [2.05, 4.69) is 0 Å². The van der Waals surface area contributed by atoms with Gasteiger partial charge in [-0.1, -0.05) is 72.3 Å². The first-order valence-electron chi connectivity index (χ1n) is 7.44. The Hall–Kier alpha value is -2.45. The number of halogens is 1. The zero-order valence-corrected chi connectivity index (χ0v) is 13.4. The zero-order chi connectivity index (χ0) is 15.9. The van der Waals surface area contributed by atoms with Crippen molar-refractivity contribution in [3.63, 3.8) is 0 Å². The minimum atomic E-state index is 0.475. The summed E-state index contributed by atoms with van der Waals surface area (Å²) in [5, 5.41) is 0.577. The predicted molar refractivity (Wildman–Crippen MR) is 93.0 cm³/mol. The van der Waals surface area contributed by atoms with Crippen LogP contribution in [-0.2, 0) is 13.2 Å². The fraction of sp³-hybridized carbons (Fsp3) is 0.100. The maximum Gasteiger partial charge on any atom is 0.142 e. The molecule has 0 heterocycles. The summed E-state index contributed by atoms with van der Waals surface area (Å²) in [6.45, 7) is 0.989. The molecule has 0 aliphatic heterocycles. The molecule has 0 saturated heterocycles. The van der Waals surface area contributed by atoms with Crippen molar-refractivity contribution in [2.45, 2.75) is 13.2 Å². The average molecular weight is 325 g/mol. The SMILES string of the molecule is Clc1ccc(OCc2ccccc2)cc1OCc1ccccc1. The van der Waals surface area contributed by atoms with Gasteiger partial charge in [-0.05, 0) is 23.3 Å². The van der Waals surface area contributed by atoms with Crippen LogP contribution in [0.5, 0.6) is 11.5 Å². The lowest BCUT2D eigenvalue weighted by molar-refractivity contribution is 0.290. The van der Waals surface area contributed by atoms with Gasteiger partial charge in [-0.2, -0.15) is 0 Å². The van der Waals surface area contributed by atoms with Crippen LogP contribution in [0.4, 0.5) is 0 Å². The first-order chi connectivity index (χ1) is 11.3. The van der Waals surface area contributed by atoms with Crippen LogP contribution >= 0.6 is 11.6 Å². The third kappa shape index (κ3) is 4.51. The normalized spacial score (nSPS) is 10.3. The molecule has 3 aromatic carbocycles. The Balaban J connectivity index is 1.64. The topological polar surface area (TPSA) is 18.5 Å². The first kappa shape index (κ1) is 15.4. The molecule has 0 bridgehead atoms. The summed E-state index contributed by atoms with van der Waals surface area (Å²) in [4.78, 5) is 0. The molecule has 0 atom stereocenters. The molecular formula is C20H17ClO2. The summed E-state index contributed by atoms with van der Waals surface area (Å²) < 4.78 is 11.6. The van der Waals surface area contributed by atoms with Crippen LogP contribution in [-0.4, -0.2) is 0 Å². The van der Waals surface area contributed by atoms with Gasteiger partial charge in [-0.3, -0.25) is 0 Å². The minimum absolute atomic E-state index is 0.475. The molecule has 3 heteroatoms. The second kappa shape index (κ2) is 7.70. The van der Waals surface area contributed by atoms with Crippen LogP contribution in [0.15, 0.2) is 78.9 Å². The number of hydrogen-bond acceptors (Lipinski definition) is 2. The molecule has 0 spiro atoms. The molecule has 2 nitrogen and oxygen atoms in total. The van der Waals surface area contributed by atoms with Crippen molar-refractivity contribution >= 4 is 11.6 Å². The highest BCUT2D eigenvalue weighted by Crippen LogP contribution is 2.30. The van der Waals surface area contributed by atoms with Crippen molar-refractivity contribution in [1.82, 2.24) is 0 Å². The monoisotopic (exact) mass is 324 g/mol. The number of hydrogen-bond donors (Lipinski definition) is 0. The van der Waals surface area contributed by atoms with E-state index >= 15 is 0 Å². The van der Waals surface area contributed by atoms with E-state index in [1.54, 1.807) is 6.07 Å². The van der Waals surface area contributed by atoms with E-state index in [4.69, 9.17) is 21.1 Å². The summed E-state index contributed by atoms with van der Waals surface area (Å²) in [6, 6.07) is 25.5. The fourth-order valence-corrected chi connectivity index (χ4v) is 2.33. The van der Waals surface area contributed by atoms with Gasteiger partial charge in [-0.15, -0.1) is 0 Å². The molecule has 116 valence electrons.